The molecule has 1 aromatic rings. The van der Waals surface area contributed by atoms with Gasteiger partial charge in [-0.3, -0.25) is 4.90 Å². The normalized spacial score (nSPS) is 22.4. The molecule has 1 fully saturated rings. The van der Waals surface area contributed by atoms with Crippen molar-refractivity contribution in [3.63, 3.8) is 0 Å². The predicted molar refractivity (Wildman–Crippen MR) is 79.0 cm³/mol. The summed E-state index contributed by atoms with van der Waals surface area (Å²) in [5, 5.41) is 0. The summed E-state index contributed by atoms with van der Waals surface area (Å²) in [5.74, 6) is -0.177. The molecule has 0 aliphatic carbocycles. The number of rotatable bonds is 4. The molecule has 3 nitrogen and oxygen atoms in total. The lowest BCUT2D eigenvalue weighted by molar-refractivity contribution is -0.0783. The van der Waals surface area contributed by atoms with Crippen LogP contribution in [0.1, 0.15) is 38.8 Å². The standard InChI is InChI=1S/C16H25FN2O/c1-4-14(18)15(12-7-5-6-8-13(12)17)19-9-10-20-11-16(19,2)3/h5-8,14-15H,4,9-11,18H2,1-3H3. The fourth-order valence-corrected chi connectivity index (χ4v) is 2.95. The lowest BCUT2D eigenvalue weighted by atomic mass is 9.90. The van der Waals surface area contributed by atoms with Crippen LogP contribution in [0.4, 0.5) is 4.39 Å². The first-order chi connectivity index (χ1) is 9.47. The molecule has 0 bridgehead atoms. The molecule has 0 aromatic heterocycles. The van der Waals surface area contributed by atoms with Gasteiger partial charge in [0.25, 0.3) is 0 Å². The number of hydrogen-bond acceptors (Lipinski definition) is 3. The Morgan fingerprint density at radius 1 is 1.40 bits per heavy atom. The molecule has 2 rings (SSSR count). The summed E-state index contributed by atoms with van der Waals surface area (Å²) >= 11 is 0. The van der Waals surface area contributed by atoms with E-state index in [0.717, 1.165) is 13.0 Å². The maximum Gasteiger partial charge on any atom is 0.128 e. The SMILES string of the molecule is CCC(N)C(c1ccccc1F)N1CCOCC1(C)C. The van der Waals surface area contributed by atoms with Crippen molar-refractivity contribution in [2.75, 3.05) is 19.8 Å². The van der Waals surface area contributed by atoms with Crippen molar-refractivity contribution < 1.29 is 9.13 Å². The minimum absolute atomic E-state index is 0.0933. The van der Waals surface area contributed by atoms with Crippen LogP contribution in [0.25, 0.3) is 0 Å². The van der Waals surface area contributed by atoms with Gasteiger partial charge in [-0.2, -0.15) is 0 Å². The van der Waals surface area contributed by atoms with Gasteiger partial charge in [0.2, 0.25) is 0 Å². The molecule has 4 heteroatoms. The van der Waals surface area contributed by atoms with E-state index in [2.05, 4.69) is 18.7 Å². The maximum atomic E-state index is 14.2. The Labute approximate surface area is 120 Å². The van der Waals surface area contributed by atoms with Crippen molar-refractivity contribution in [3.05, 3.63) is 35.6 Å². The summed E-state index contributed by atoms with van der Waals surface area (Å²) in [7, 11) is 0. The van der Waals surface area contributed by atoms with E-state index in [1.165, 1.54) is 6.07 Å². The number of ether oxygens (including phenoxy) is 1. The van der Waals surface area contributed by atoms with Gasteiger partial charge in [0, 0.05) is 23.7 Å². The summed E-state index contributed by atoms with van der Waals surface area (Å²) in [6, 6.07) is 6.75. The van der Waals surface area contributed by atoms with Gasteiger partial charge in [0.05, 0.1) is 19.3 Å². The number of morpholine rings is 1. The average Bonchev–Trinajstić information content (AvgIpc) is 2.42. The minimum Gasteiger partial charge on any atom is -0.378 e. The molecule has 0 amide bonds. The molecular weight excluding hydrogens is 255 g/mol. The third-order valence-electron chi connectivity index (χ3n) is 4.15. The maximum absolute atomic E-state index is 14.2. The Bertz CT molecular complexity index is 450. The van der Waals surface area contributed by atoms with Crippen LogP contribution in [0.15, 0.2) is 24.3 Å². The fourth-order valence-electron chi connectivity index (χ4n) is 2.95. The molecular formula is C16H25FN2O. The monoisotopic (exact) mass is 280 g/mol. The zero-order valence-corrected chi connectivity index (χ0v) is 12.6. The molecule has 112 valence electrons. The van der Waals surface area contributed by atoms with Crippen LogP contribution in [0.3, 0.4) is 0 Å². The van der Waals surface area contributed by atoms with Crippen LogP contribution < -0.4 is 5.73 Å². The van der Waals surface area contributed by atoms with Crippen LogP contribution in [-0.2, 0) is 4.74 Å². The van der Waals surface area contributed by atoms with Gasteiger partial charge >= 0.3 is 0 Å². The second kappa shape index (κ2) is 6.20. The Balaban J connectivity index is 2.40. The van der Waals surface area contributed by atoms with Gasteiger partial charge in [-0.05, 0) is 26.3 Å². The molecule has 20 heavy (non-hydrogen) atoms. The third-order valence-corrected chi connectivity index (χ3v) is 4.15. The van der Waals surface area contributed by atoms with E-state index in [-0.39, 0.29) is 23.4 Å². The van der Waals surface area contributed by atoms with Crippen LogP contribution in [0, 0.1) is 5.82 Å². The van der Waals surface area contributed by atoms with Gasteiger partial charge in [0.15, 0.2) is 0 Å². The zero-order chi connectivity index (χ0) is 14.8. The van der Waals surface area contributed by atoms with Gasteiger partial charge in [-0.15, -0.1) is 0 Å². The van der Waals surface area contributed by atoms with Crippen LogP contribution >= 0.6 is 0 Å². The molecule has 0 spiro atoms. The van der Waals surface area contributed by atoms with Gasteiger partial charge in [0.1, 0.15) is 5.82 Å². The highest BCUT2D eigenvalue weighted by Gasteiger charge is 2.39. The minimum atomic E-state index is -0.177. The lowest BCUT2D eigenvalue weighted by Gasteiger charge is -2.48. The molecule has 1 aliphatic heterocycles. The largest absolute Gasteiger partial charge is 0.378 e. The Kier molecular flexibility index (Phi) is 4.78. The van der Waals surface area contributed by atoms with Crippen molar-refractivity contribution in [1.82, 2.24) is 4.90 Å². The topological polar surface area (TPSA) is 38.5 Å². The quantitative estimate of drug-likeness (QED) is 0.921. The summed E-state index contributed by atoms with van der Waals surface area (Å²) in [5.41, 5.74) is 6.87. The zero-order valence-electron chi connectivity index (χ0n) is 12.6. The highest BCUT2D eigenvalue weighted by Crippen LogP contribution is 2.34. The Morgan fingerprint density at radius 3 is 2.70 bits per heavy atom. The molecule has 2 N–H and O–H groups in total. The molecule has 2 unspecified atom stereocenters. The number of nitrogens with two attached hydrogens (primary N) is 1. The van der Waals surface area contributed by atoms with Crippen LogP contribution in [-0.4, -0.2) is 36.2 Å². The molecule has 2 atom stereocenters. The second-order valence-corrected chi connectivity index (χ2v) is 6.10. The number of nitrogens with zero attached hydrogens (tertiary/aromatic N) is 1. The first kappa shape index (κ1) is 15.4. The summed E-state index contributed by atoms with van der Waals surface area (Å²) in [4.78, 5) is 2.29. The van der Waals surface area contributed by atoms with Gasteiger partial charge in [-0.1, -0.05) is 25.1 Å². The van der Waals surface area contributed by atoms with E-state index in [1.54, 1.807) is 6.07 Å². The first-order valence-corrected chi connectivity index (χ1v) is 7.32. The van der Waals surface area contributed by atoms with Crippen molar-refractivity contribution in [2.24, 2.45) is 5.73 Å². The van der Waals surface area contributed by atoms with E-state index >= 15 is 0 Å². The van der Waals surface area contributed by atoms with E-state index in [1.807, 2.05) is 19.1 Å². The van der Waals surface area contributed by atoms with Gasteiger partial charge in [-0.25, -0.2) is 4.39 Å². The molecule has 1 heterocycles. The summed E-state index contributed by atoms with van der Waals surface area (Å²) in [6.07, 6.45) is 0.812. The van der Waals surface area contributed by atoms with E-state index < -0.39 is 0 Å². The summed E-state index contributed by atoms with van der Waals surface area (Å²) in [6.45, 7) is 8.40. The van der Waals surface area contributed by atoms with Crippen molar-refractivity contribution in [3.8, 4) is 0 Å². The first-order valence-electron chi connectivity index (χ1n) is 7.32. The Hall–Kier alpha value is -0.970. The van der Waals surface area contributed by atoms with Gasteiger partial charge < -0.3 is 10.5 Å². The second-order valence-electron chi connectivity index (χ2n) is 6.10. The molecule has 1 aliphatic rings. The van der Waals surface area contributed by atoms with Crippen LogP contribution in [0.2, 0.25) is 0 Å². The molecule has 0 saturated carbocycles. The fraction of sp³-hybridized carbons (Fsp3) is 0.625. The van der Waals surface area contributed by atoms with E-state index in [0.29, 0.717) is 18.8 Å². The lowest BCUT2D eigenvalue weighted by Crippen LogP contribution is -2.57. The van der Waals surface area contributed by atoms with Crippen molar-refractivity contribution in [1.29, 1.82) is 0 Å². The Morgan fingerprint density at radius 2 is 2.10 bits per heavy atom. The van der Waals surface area contributed by atoms with Crippen molar-refractivity contribution >= 4 is 0 Å². The summed E-state index contributed by atoms with van der Waals surface area (Å²) < 4.78 is 19.8. The average molecular weight is 280 g/mol. The van der Waals surface area contributed by atoms with Crippen molar-refractivity contribution in [2.45, 2.75) is 44.8 Å². The van der Waals surface area contributed by atoms with E-state index in [4.69, 9.17) is 10.5 Å². The highest BCUT2D eigenvalue weighted by molar-refractivity contribution is 5.24. The van der Waals surface area contributed by atoms with E-state index in [9.17, 15) is 4.39 Å². The smallest absolute Gasteiger partial charge is 0.128 e. The highest BCUT2D eigenvalue weighted by atomic mass is 19.1. The molecule has 1 aromatic carbocycles. The number of halogens is 1. The third kappa shape index (κ3) is 3.03. The predicted octanol–water partition coefficient (Wildman–Crippen LogP) is 2.71. The molecule has 0 radical (unpaired) electrons. The number of benzene rings is 1. The van der Waals surface area contributed by atoms with Crippen LogP contribution in [0.5, 0.6) is 0 Å². The molecule has 1 saturated heterocycles. The number of hydrogen-bond donors (Lipinski definition) is 1.